The fraction of sp³-hybridized carbons (Fsp3) is 0.360. The number of hydrogen-bond acceptors (Lipinski definition) is 6. The van der Waals surface area contributed by atoms with Crippen LogP contribution in [-0.2, 0) is 32.1 Å². The van der Waals surface area contributed by atoms with E-state index in [9.17, 15) is 0 Å². The molecular weight excluding hydrogens is 442 g/mol. The predicted molar refractivity (Wildman–Crippen MR) is 128 cm³/mol. The maximum atomic E-state index is 9.10. The lowest BCUT2D eigenvalue weighted by Crippen LogP contribution is -2.52. The molecule has 8 heteroatoms. The van der Waals surface area contributed by atoms with E-state index in [0.29, 0.717) is 6.10 Å². The van der Waals surface area contributed by atoms with Crippen LogP contribution in [0.4, 0.5) is 0 Å². The van der Waals surface area contributed by atoms with E-state index in [1.807, 2.05) is 6.07 Å². The van der Waals surface area contributed by atoms with Crippen molar-refractivity contribution in [3.8, 4) is 0 Å². The highest BCUT2D eigenvalue weighted by Gasteiger charge is 2.26. The first kappa shape index (κ1) is 24.9. The number of carbonyl (C=O) groups is 2. The van der Waals surface area contributed by atoms with Crippen molar-refractivity contribution in [2.75, 3.05) is 32.8 Å². The van der Waals surface area contributed by atoms with Gasteiger partial charge in [0.1, 0.15) is 0 Å². The number of carboxylic acid groups (broad SMARTS) is 2. The van der Waals surface area contributed by atoms with Crippen molar-refractivity contribution >= 4 is 33.4 Å². The maximum absolute atomic E-state index is 9.10. The largest absolute Gasteiger partial charge is 0.473 e. The van der Waals surface area contributed by atoms with Crippen LogP contribution >= 0.6 is 11.3 Å². The smallest absolute Gasteiger partial charge is 0.414 e. The summed E-state index contributed by atoms with van der Waals surface area (Å²) in [5.74, 6) is -3.65. The lowest BCUT2D eigenvalue weighted by molar-refractivity contribution is -0.159. The zero-order chi connectivity index (χ0) is 23.5. The third-order valence-corrected chi connectivity index (χ3v) is 6.15. The quantitative estimate of drug-likeness (QED) is 0.342. The minimum Gasteiger partial charge on any atom is -0.473 e. The number of carboxylic acids is 2. The van der Waals surface area contributed by atoms with Crippen molar-refractivity contribution in [1.29, 1.82) is 0 Å². The molecule has 1 aromatic heterocycles. The van der Waals surface area contributed by atoms with Crippen LogP contribution in [0.3, 0.4) is 0 Å². The van der Waals surface area contributed by atoms with E-state index in [4.69, 9.17) is 29.3 Å². The van der Waals surface area contributed by atoms with E-state index in [1.54, 1.807) is 11.3 Å². The second-order valence-corrected chi connectivity index (χ2v) is 8.74. The van der Waals surface area contributed by atoms with E-state index in [0.717, 1.165) is 52.3 Å². The van der Waals surface area contributed by atoms with Gasteiger partial charge in [0.15, 0.2) is 0 Å². The van der Waals surface area contributed by atoms with E-state index >= 15 is 0 Å². The minimum absolute atomic E-state index is 0.387. The lowest BCUT2D eigenvalue weighted by atomic mass is 10.1. The molecule has 2 N–H and O–H groups in total. The number of fused-ring (bicyclic) bond motifs is 1. The van der Waals surface area contributed by atoms with Gasteiger partial charge in [-0.2, -0.15) is 0 Å². The summed E-state index contributed by atoms with van der Waals surface area (Å²) in [6, 6.07) is 19.3. The molecule has 0 atom stereocenters. The van der Waals surface area contributed by atoms with Crippen molar-refractivity contribution < 1.29 is 29.3 Å². The second kappa shape index (κ2) is 13.1. The number of thiophene rings is 1. The molecule has 0 bridgehead atoms. The summed E-state index contributed by atoms with van der Waals surface area (Å²) in [7, 11) is 0. The molecule has 33 heavy (non-hydrogen) atoms. The van der Waals surface area contributed by atoms with Crippen LogP contribution in [-0.4, -0.2) is 66.0 Å². The topological polar surface area (TPSA) is 96.3 Å². The Morgan fingerprint density at radius 1 is 0.970 bits per heavy atom. The van der Waals surface area contributed by atoms with E-state index < -0.39 is 11.9 Å². The standard InChI is InChI=1S/C23H27NO2S.C2H2O4/c1-2-5-20(6-3-1)18-26-22-16-24(17-22)11-4-12-25-13-9-19-7-8-23-21(15-19)10-14-27-23;3-1(4)2(5)6/h1-3,5-8,10,14-15,22H,4,9,11-13,16-18H2;(H,3,4)(H,5,6). The Labute approximate surface area is 197 Å². The predicted octanol–water partition coefficient (Wildman–Crippen LogP) is 3.91. The van der Waals surface area contributed by atoms with Gasteiger partial charge >= 0.3 is 11.9 Å². The van der Waals surface area contributed by atoms with Crippen molar-refractivity contribution in [1.82, 2.24) is 4.90 Å². The fourth-order valence-corrected chi connectivity index (χ4v) is 4.22. The fourth-order valence-electron chi connectivity index (χ4n) is 3.45. The Morgan fingerprint density at radius 3 is 2.45 bits per heavy atom. The zero-order valence-electron chi connectivity index (χ0n) is 18.4. The average Bonchev–Trinajstić information content (AvgIpc) is 3.25. The molecule has 0 amide bonds. The first-order valence-corrected chi connectivity index (χ1v) is 11.8. The van der Waals surface area contributed by atoms with Gasteiger partial charge in [0, 0.05) is 30.9 Å². The van der Waals surface area contributed by atoms with Gasteiger partial charge in [0.25, 0.3) is 0 Å². The molecule has 1 aliphatic rings. The van der Waals surface area contributed by atoms with Crippen LogP contribution < -0.4 is 0 Å². The van der Waals surface area contributed by atoms with Gasteiger partial charge in [0.05, 0.1) is 19.3 Å². The van der Waals surface area contributed by atoms with Crippen LogP contribution in [0.15, 0.2) is 60.0 Å². The summed E-state index contributed by atoms with van der Waals surface area (Å²) in [6.07, 6.45) is 2.47. The van der Waals surface area contributed by atoms with Crippen LogP contribution in [0.25, 0.3) is 10.1 Å². The molecule has 4 rings (SSSR count). The Hall–Kier alpha value is -2.78. The summed E-state index contributed by atoms with van der Waals surface area (Å²) in [5, 5.41) is 18.3. The number of ether oxygens (including phenoxy) is 2. The van der Waals surface area contributed by atoms with Crippen LogP contribution in [0.5, 0.6) is 0 Å². The van der Waals surface area contributed by atoms with Crippen LogP contribution in [0.1, 0.15) is 17.5 Å². The van der Waals surface area contributed by atoms with Crippen molar-refractivity contribution in [2.24, 2.45) is 0 Å². The third-order valence-electron chi connectivity index (χ3n) is 5.25. The second-order valence-electron chi connectivity index (χ2n) is 7.80. The lowest BCUT2D eigenvalue weighted by Gasteiger charge is -2.38. The van der Waals surface area contributed by atoms with Gasteiger partial charge < -0.3 is 19.7 Å². The minimum atomic E-state index is -1.82. The first-order chi connectivity index (χ1) is 16.0. The van der Waals surface area contributed by atoms with Crippen molar-refractivity contribution in [3.63, 3.8) is 0 Å². The number of hydrogen-bond donors (Lipinski definition) is 2. The molecule has 2 aromatic carbocycles. The van der Waals surface area contributed by atoms with Gasteiger partial charge in [-0.15, -0.1) is 11.3 Å². The van der Waals surface area contributed by atoms with Crippen molar-refractivity contribution in [3.05, 3.63) is 71.1 Å². The summed E-state index contributed by atoms with van der Waals surface area (Å²) >= 11 is 1.80. The van der Waals surface area contributed by atoms with E-state index in [2.05, 4.69) is 58.8 Å². The Morgan fingerprint density at radius 2 is 1.73 bits per heavy atom. The molecule has 7 nitrogen and oxygen atoms in total. The molecule has 176 valence electrons. The van der Waals surface area contributed by atoms with Crippen LogP contribution in [0, 0.1) is 0 Å². The van der Waals surface area contributed by atoms with E-state index in [1.165, 1.54) is 21.2 Å². The maximum Gasteiger partial charge on any atom is 0.414 e. The van der Waals surface area contributed by atoms with Gasteiger partial charge in [-0.05, 0) is 46.9 Å². The molecule has 0 saturated carbocycles. The first-order valence-electron chi connectivity index (χ1n) is 10.9. The summed E-state index contributed by atoms with van der Waals surface area (Å²) in [4.78, 5) is 20.6. The van der Waals surface area contributed by atoms with Crippen LogP contribution in [0.2, 0.25) is 0 Å². The molecular formula is C25H29NO6S. The summed E-state index contributed by atoms with van der Waals surface area (Å²) in [5.41, 5.74) is 2.62. The van der Waals surface area contributed by atoms with Crippen molar-refractivity contribution in [2.45, 2.75) is 25.6 Å². The number of benzene rings is 2. The number of rotatable bonds is 10. The molecule has 1 fully saturated rings. The molecule has 0 aliphatic carbocycles. The molecule has 1 aliphatic heterocycles. The number of aliphatic carboxylic acids is 2. The highest BCUT2D eigenvalue weighted by atomic mass is 32.1. The normalized spacial score (nSPS) is 13.8. The Balaban J connectivity index is 0.000000454. The van der Waals surface area contributed by atoms with Gasteiger partial charge in [0.2, 0.25) is 0 Å². The summed E-state index contributed by atoms with van der Waals surface area (Å²) in [6.45, 7) is 5.57. The molecule has 0 radical (unpaired) electrons. The SMILES string of the molecule is O=C(O)C(=O)O.c1ccc(COC2CN(CCCOCCc3ccc4sccc4c3)C2)cc1. The summed E-state index contributed by atoms with van der Waals surface area (Å²) < 4.78 is 13.1. The number of likely N-dealkylation sites (tertiary alicyclic amines) is 1. The Kier molecular flexibility index (Phi) is 9.83. The number of nitrogens with zero attached hydrogens (tertiary/aromatic N) is 1. The molecule has 2 heterocycles. The molecule has 0 spiro atoms. The van der Waals surface area contributed by atoms with E-state index in [-0.39, 0.29) is 0 Å². The Bertz CT molecular complexity index is 1000. The molecule has 3 aromatic rings. The monoisotopic (exact) mass is 471 g/mol. The zero-order valence-corrected chi connectivity index (χ0v) is 19.2. The van der Waals surface area contributed by atoms with Gasteiger partial charge in [-0.25, -0.2) is 9.59 Å². The highest BCUT2D eigenvalue weighted by molar-refractivity contribution is 7.17. The highest BCUT2D eigenvalue weighted by Crippen LogP contribution is 2.22. The molecule has 0 unspecified atom stereocenters. The average molecular weight is 472 g/mol. The third kappa shape index (κ3) is 8.58. The molecule has 1 saturated heterocycles. The van der Waals surface area contributed by atoms with Gasteiger partial charge in [-0.1, -0.05) is 42.5 Å². The van der Waals surface area contributed by atoms with Gasteiger partial charge in [-0.3, -0.25) is 4.90 Å².